The van der Waals surface area contributed by atoms with Crippen LogP contribution in [-0.4, -0.2) is 21.6 Å². The van der Waals surface area contributed by atoms with E-state index >= 15 is 0 Å². The van der Waals surface area contributed by atoms with Gasteiger partial charge >= 0.3 is 0 Å². The van der Waals surface area contributed by atoms with Crippen LogP contribution in [0.4, 0.5) is 9.52 Å². The molecule has 2 aromatic heterocycles. The Bertz CT molecular complexity index is 1190. The number of aromatic nitrogens is 2. The number of hydrogen-bond acceptors (Lipinski definition) is 5. The molecule has 0 N–H and O–H groups in total. The van der Waals surface area contributed by atoms with Gasteiger partial charge in [0.15, 0.2) is 5.13 Å². The van der Waals surface area contributed by atoms with Gasteiger partial charge in [-0.15, -0.1) is 11.8 Å². The molecule has 31 heavy (non-hydrogen) atoms. The van der Waals surface area contributed by atoms with E-state index in [1.807, 2.05) is 18.2 Å². The Balaban J connectivity index is 1.55. The minimum Gasteiger partial charge on any atom is -0.282 e. The lowest BCUT2D eigenvalue weighted by Gasteiger charge is -2.19. The van der Waals surface area contributed by atoms with E-state index in [0.717, 1.165) is 31.9 Å². The highest BCUT2D eigenvalue weighted by atomic mass is 32.2. The Kier molecular flexibility index (Phi) is 6.63. The van der Waals surface area contributed by atoms with Crippen molar-refractivity contribution in [3.05, 3.63) is 83.4 Å². The molecule has 0 bridgehead atoms. The first-order chi connectivity index (χ1) is 15.0. The number of halogens is 1. The normalized spacial score (nSPS) is 11.1. The number of aryl methyl sites for hydroxylation is 2. The van der Waals surface area contributed by atoms with Crippen LogP contribution in [0.5, 0.6) is 0 Å². The summed E-state index contributed by atoms with van der Waals surface area (Å²) in [6.07, 6.45) is 2.08. The number of pyridine rings is 1. The third-order valence-electron chi connectivity index (χ3n) is 4.79. The fourth-order valence-corrected chi connectivity index (χ4v) is 5.19. The average molecular weight is 452 g/mol. The summed E-state index contributed by atoms with van der Waals surface area (Å²) >= 11 is 3.08. The molecule has 0 unspecified atom stereocenters. The SMILES string of the molecule is Cc1cc(C)c2sc(N(Cc3ccccn3)C(=O)CCSc3ccc(F)cc3)nc2c1. The molecule has 1 amide bonds. The zero-order valence-corrected chi connectivity index (χ0v) is 19.0. The van der Waals surface area contributed by atoms with Crippen LogP contribution < -0.4 is 4.90 Å². The highest BCUT2D eigenvalue weighted by Gasteiger charge is 2.21. The predicted molar refractivity (Wildman–Crippen MR) is 126 cm³/mol. The topological polar surface area (TPSA) is 46.1 Å². The quantitative estimate of drug-likeness (QED) is 0.316. The number of thiazole rings is 1. The number of rotatable bonds is 7. The van der Waals surface area contributed by atoms with Crippen LogP contribution >= 0.6 is 23.1 Å². The van der Waals surface area contributed by atoms with Crippen molar-refractivity contribution in [1.82, 2.24) is 9.97 Å². The number of thioether (sulfide) groups is 1. The van der Waals surface area contributed by atoms with Gasteiger partial charge in [-0.2, -0.15) is 0 Å². The van der Waals surface area contributed by atoms with Crippen LogP contribution in [0.2, 0.25) is 0 Å². The number of fused-ring (bicyclic) bond motifs is 1. The van der Waals surface area contributed by atoms with Crippen LogP contribution in [0.3, 0.4) is 0 Å². The van der Waals surface area contributed by atoms with E-state index in [2.05, 4.69) is 31.0 Å². The minimum atomic E-state index is -0.261. The van der Waals surface area contributed by atoms with Gasteiger partial charge in [-0.3, -0.25) is 14.7 Å². The Hall–Kier alpha value is -2.77. The lowest BCUT2D eigenvalue weighted by atomic mass is 10.1. The molecular weight excluding hydrogens is 429 g/mol. The second kappa shape index (κ2) is 9.58. The van der Waals surface area contributed by atoms with Crippen molar-refractivity contribution < 1.29 is 9.18 Å². The molecule has 7 heteroatoms. The van der Waals surface area contributed by atoms with Crippen molar-refractivity contribution in [2.75, 3.05) is 10.7 Å². The van der Waals surface area contributed by atoms with Crippen LogP contribution in [0.15, 0.2) is 65.7 Å². The Morgan fingerprint density at radius 1 is 1.13 bits per heavy atom. The summed E-state index contributed by atoms with van der Waals surface area (Å²) < 4.78 is 14.2. The number of carbonyl (C=O) groups is 1. The second-order valence-corrected chi connectivity index (χ2v) is 9.43. The number of anilines is 1. The van der Waals surface area contributed by atoms with E-state index < -0.39 is 0 Å². The van der Waals surface area contributed by atoms with Crippen molar-refractivity contribution >= 4 is 44.4 Å². The molecule has 0 saturated heterocycles. The van der Waals surface area contributed by atoms with Crippen molar-refractivity contribution in [3.63, 3.8) is 0 Å². The lowest BCUT2D eigenvalue weighted by Crippen LogP contribution is -2.30. The maximum atomic E-state index is 13.2. The molecule has 0 aliphatic rings. The van der Waals surface area contributed by atoms with Gasteiger partial charge in [-0.25, -0.2) is 9.37 Å². The molecule has 2 aromatic carbocycles. The third-order valence-corrected chi connectivity index (χ3v) is 7.03. The zero-order chi connectivity index (χ0) is 21.8. The summed E-state index contributed by atoms with van der Waals surface area (Å²) in [5, 5.41) is 0.686. The fraction of sp³-hybridized carbons (Fsp3) is 0.208. The van der Waals surface area contributed by atoms with Gasteiger partial charge < -0.3 is 0 Å². The largest absolute Gasteiger partial charge is 0.282 e. The van der Waals surface area contributed by atoms with E-state index in [1.54, 1.807) is 23.2 Å². The van der Waals surface area contributed by atoms with Crippen LogP contribution in [0.25, 0.3) is 10.2 Å². The maximum Gasteiger partial charge on any atom is 0.229 e. The average Bonchev–Trinajstić information content (AvgIpc) is 3.18. The molecule has 4 nitrogen and oxygen atoms in total. The van der Waals surface area contributed by atoms with Gasteiger partial charge in [0.2, 0.25) is 5.91 Å². The highest BCUT2D eigenvalue weighted by molar-refractivity contribution is 7.99. The van der Waals surface area contributed by atoms with E-state index in [9.17, 15) is 9.18 Å². The summed E-state index contributed by atoms with van der Waals surface area (Å²) in [6, 6.07) is 16.2. The highest BCUT2D eigenvalue weighted by Crippen LogP contribution is 2.33. The first-order valence-electron chi connectivity index (χ1n) is 9.96. The second-order valence-electron chi connectivity index (χ2n) is 7.28. The first-order valence-corrected chi connectivity index (χ1v) is 11.8. The molecule has 4 aromatic rings. The minimum absolute atomic E-state index is 0.00584. The van der Waals surface area contributed by atoms with E-state index in [0.29, 0.717) is 23.8 Å². The lowest BCUT2D eigenvalue weighted by molar-refractivity contribution is -0.118. The van der Waals surface area contributed by atoms with E-state index in [4.69, 9.17) is 4.98 Å². The fourth-order valence-electron chi connectivity index (χ4n) is 3.32. The Morgan fingerprint density at radius 3 is 2.68 bits per heavy atom. The summed E-state index contributed by atoms with van der Waals surface area (Å²) in [6.45, 7) is 4.50. The number of carbonyl (C=O) groups excluding carboxylic acids is 1. The van der Waals surface area contributed by atoms with E-state index in [1.165, 1.54) is 35.2 Å². The Labute approximate surface area is 189 Å². The maximum absolute atomic E-state index is 13.2. The number of hydrogen-bond donors (Lipinski definition) is 0. The summed E-state index contributed by atoms with van der Waals surface area (Å²) in [5.74, 6) is 0.337. The molecular formula is C24H22FN3OS2. The van der Waals surface area contributed by atoms with Crippen LogP contribution in [0, 0.1) is 19.7 Å². The van der Waals surface area contributed by atoms with Gasteiger partial charge in [-0.05, 0) is 67.4 Å². The van der Waals surface area contributed by atoms with E-state index in [-0.39, 0.29) is 11.7 Å². The van der Waals surface area contributed by atoms with Crippen molar-refractivity contribution in [1.29, 1.82) is 0 Å². The molecule has 0 aliphatic heterocycles. The van der Waals surface area contributed by atoms with Gasteiger partial charge in [0.25, 0.3) is 0 Å². The number of nitrogens with zero attached hydrogens (tertiary/aromatic N) is 3. The summed E-state index contributed by atoms with van der Waals surface area (Å²) in [7, 11) is 0. The van der Waals surface area contributed by atoms with Crippen molar-refractivity contribution in [3.8, 4) is 0 Å². The zero-order valence-electron chi connectivity index (χ0n) is 17.3. The Morgan fingerprint density at radius 2 is 1.94 bits per heavy atom. The molecule has 4 rings (SSSR count). The van der Waals surface area contributed by atoms with Crippen LogP contribution in [0.1, 0.15) is 23.2 Å². The predicted octanol–water partition coefficient (Wildman–Crippen LogP) is 6.16. The molecule has 0 radical (unpaired) electrons. The summed E-state index contributed by atoms with van der Waals surface area (Å²) in [5.41, 5.74) is 4.04. The monoisotopic (exact) mass is 451 g/mol. The van der Waals surface area contributed by atoms with Crippen molar-refractivity contribution in [2.24, 2.45) is 0 Å². The molecule has 158 valence electrons. The van der Waals surface area contributed by atoms with Crippen LogP contribution in [-0.2, 0) is 11.3 Å². The van der Waals surface area contributed by atoms with Crippen molar-refractivity contribution in [2.45, 2.75) is 31.7 Å². The molecule has 0 fully saturated rings. The third kappa shape index (κ3) is 5.29. The molecule has 0 aliphatic carbocycles. The van der Waals surface area contributed by atoms with Gasteiger partial charge in [-0.1, -0.05) is 23.5 Å². The first kappa shape index (κ1) is 21.5. The van der Waals surface area contributed by atoms with Gasteiger partial charge in [0.1, 0.15) is 5.82 Å². The van der Waals surface area contributed by atoms with Gasteiger partial charge in [0.05, 0.1) is 22.5 Å². The molecule has 2 heterocycles. The summed E-state index contributed by atoms with van der Waals surface area (Å²) in [4.78, 5) is 25.0. The molecule has 0 spiro atoms. The standard InChI is InChI=1S/C24H22FN3OS2/c1-16-13-17(2)23-21(14-16)27-24(31-23)28(15-19-5-3-4-11-26-19)22(29)10-12-30-20-8-6-18(25)7-9-20/h3-9,11,13-14H,10,12,15H2,1-2H3. The van der Waals surface area contributed by atoms with Gasteiger partial charge in [0, 0.05) is 23.3 Å². The molecule has 0 atom stereocenters. The molecule has 0 saturated carbocycles. The smallest absolute Gasteiger partial charge is 0.229 e. The number of amides is 1. The number of benzene rings is 2.